The van der Waals surface area contributed by atoms with Gasteiger partial charge in [0.05, 0.1) is 12.6 Å². The van der Waals surface area contributed by atoms with E-state index in [-0.39, 0.29) is 5.91 Å². The van der Waals surface area contributed by atoms with Gasteiger partial charge in [-0.25, -0.2) is 0 Å². The maximum Gasteiger partial charge on any atom is 0.275 e. The molecule has 4 atom stereocenters. The lowest BCUT2D eigenvalue weighted by atomic mass is 9.65. The summed E-state index contributed by atoms with van der Waals surface area (Å²) < 4.78 is 5.29. The SMILES string of the molecule is COc1ccc2[nH]nc(C(=O)N3C[C@@H]4C[C@H]5CCC4[C@@H]3C5)c2c1. The highest BCUT2D eigenvalue weighted by molar-refractivity contribution is 6.05. The van der Waals surface area contributed by atoms with Crippen LogP contribution in [0.4, 0.5) is 0 Å². The van der Waals surface area contributed by atoms with Crippen LogP contribution >= 0.6 is 0 Å². The maximum absolute atomic E-state index is 13.1. The lowest BCUT2D eigenvalue weighted by molar-refractivity contribution is 0.0606. The van der Waals surface area contributed by atoms with Crippen molar-refractivity contribution < 1.29 is 9.53 Å². The van der Waals surface area contributed by atoms with Gasteiger partial charge in [-0.2, -0.15) is 5.10 Å². The van der Waals surface area contributed by atoms with Crippen LogP contribution < -0.4 is 4.74 Å². The van der Waals surface area contributed by atoms with Crippen LogP contribution in [0.15, 0.2) is 18.2 Å². The number of hydrogen-bond donors (Lipinski definition) is 1. The average molecular weight is 311 g/mol. The number of methoxy groups -OCH3 is 1. The average Bonchev–Trinajstić information content (AvgIpc) is 3.13. The Morgan fingerprint density at radius 3 is 3.04 bits per heavy atom. The number of fused-ring (bicyclic) bond motifs is 2. The van der Waals surface area contributed by atoms with Gasteiger partial charge in [0.25, 0.3) is 5.91 Å². The van der Waals surface area contributed by atoms with Gasteiger partial charge in [-0.1, -0.05) is 6.42 Å². The van der Waals surface area contributed by atoms with E-state index in [2.05, 4.69) is 15.1 Å². The Balaban J connectivity index is 1.51. The number of aromatic nitrogens is 2. The van der Waals surface area contributed by atoms with Crippen LogP contribution in [-0.4, -0.2) is 40.7 Å². The van der Waals surface area contributed by atoms with Crippen LogP contribution in [0.3, 0.4) is 0 Å². The van der Waals surface area contributed by atoms with Gasteiger partial charge in [0, 0.05) is 18.0 Å². The topological polar surface area (TPSA) is 58.2 Å². The van der Waals surface area contributed by atoms with Gasteiger partial charge in [-0.3, -0.25) is 9.89 Å². The monoisotopic (exact) mass is 311 g/mol. The molecule has 1 unspecified atom stereocenters. The van der Waals surface area contributed by atoms with Crippen LogP contribution in [0, 0.1) is 17.8 Å². The van der Waals surface area contributed by atoms with Crippen molar-refractivity contribution in [2.45, 2.75) is 31.7 Å². The fourth-order valence-corrected chi connectivity index (χ4v) is 5.23. The minimum absolute atomic E-state index is 0.0875. The first-order valence-corrected chi connectivity index (χ1v) is 8.57. The van der Waals surface area contributed by atoms with Crippen molar-refractivity contribution in [2.24, 2.45) is 17.8 Å². The molecule has 1 N–H and O–H groups in total. The van der Waals surface area contributed by atoms with E-state index in [4.69, 9.17) is 4.74 Å². The van der Waals surface area contributed by atoms with Crippen LogP contribution in [0.25, 0.3) is 10.9 Å². The Labute approximate surface area is 135 Å². The summed E-state index contributed by atoms with van der Waals surface area (Å²) in [5.74, 6) is 3.13. The molecule has 5 heteroatoms. The quantitative estimate of drug-likeness (QED) is 0.928. The molecule has 1 aliphatic heterocycles. The van der Waals surface area contributed by atoms with Crippen LogP contribution in [0.2, 0.25) is 0 Å². The molecule has 5 nitrogen and oxygen atoms in total. The number of nitrogens with zero attached hydrogens (tertiary/aromatic N) is 2. The van der Waals surface area contributed by atoms with Crippen molar-refractivity contribution in [1.82, 2.24) is 15.1 Å². The number of likely N-dealkylation sites (tertiary alicyclic amines) is 1. The van der Waals surface area contributed by atoms with E-state index in [0.717, 1.165) is 41.0 Å². The standard InChI is InChI=1S/C18H21N3O2/c1-23-12-3-5-15-14(8-12)17(20-19-15)18(22)21-9-11-6-10-2-4-13(11)16(21)7-10/h3,5,8,10-11,13,16H,2,4,6-7,9H2,1H3,(H,19,20)/t10-,11+,13?,16+/m1/s1. The molecule has 2 heterocycles. The van der Waals surface area contributed by atoms with Crippen molar-refractivity contribution in [3.05, 3.63) is 23.9 Å². The van der Waals surface area contributed by atoms with E-state index in [1.54, 1.807) is 7.11 Å². The van der Waals surface area contributed by atoms with Crippen LogP contribution in [0.1, 0.15) is 36.2 Å². The second kappa shape index (κ2) is 4.73. The predicted molar refractivity (Wildman–Crippen MR) is 86.4 cm³/mol. The van der Waals surface area contributed by atoms with Crippen LogP contribution in [-0.2, 0) is 0 Å². The highest BCUT2D eigenvalue weighted by atomic mass is 16.5. The molecular weight excluding hydrogens is 290 g/mol. The second-order valence-corrected chi connectivity index (χ2v) is 7.35. The molecule has 4 bridgehead atoms. The van der Waals surface area contributed by atoms with E-state index in [0.29, 0.717) is 11.7 Å². The van der Waals surface area contributed by atoms with Gasteiger partial charge in [-0.15, -0.1) is 0 Å². The Kier molecular flexibility index (Phi) is 2.75. The smallest absolute Gasteiger partial charge is 0.275 e. The van der Waals surface area contributed by atoms with Crippen molar-refractivity contribution in [3.63, 3.8) is 0 Å². The van der Waals surface area contributed by atoms with Crippen LogP contribution in [0.5, 0.6) is 5.75 Å². The van der Waals surface area contributed by atoms with E-state index in [1.807, 2.05) is 18.2 Å². The first-order chi connectivity index (χ1) is 11.2. The molecule has 3 saturated carbocycles. The van der Waals surface area contributed by atoms with Gasteiger partial charge < -0.3 is 9.64 Å². The van der Waals surface area contributed by atoms with Gasteiger partial charge in [0.2, 0.25) is 0 Å². The van der Waals surface area contributed by atoms with Crippen molar-refractivity contribution in [1.29, 1.82) is 0 Å². The van der Waals surface area contributed by atoms with E-state index < -0.39 is 0 Å². The molecule has 1 aromatic heterocycles. The first-order valence-electron chi connectivity index (χ1n) is 8.57. The zero-order valence-corrected chi connectivity index (χ0v) is 13.3. The molecule has 1 aromatic carbocycles. The summed E-state index contributed by atoms with van der Waals surface area (Å²) in [6.45, 7) is 0.920. The summed E-state index contributed by atoms with van der Waals surface area (Å²) in [5.41, 5.74) is 1.43. The summed E-state index contributed by atoms with van der Waals surface area (Å²) >= 11 is 0. The number of hydrogen-bond acceptors (Lipinski definition) is 3. The molecule has 0 radical (unpaired) electrons. The number of ether oxygens (including phenoxy) is 1. The third-order valence-corrected chi connectivity index (χ3v) is 6.28. The summed E-state index contributed by atoms with van der Waals surface area (Å²) in [6, 6.07) is 6.15. The Morgan fingerprint density at radius 1 is 1.35 bits per heavy atom. The molecule has 2 aromatic rings. The first kappa shape index (κ1) is 13.4. The van der Waals surface area contributed by atoms with Gasteiger partial charge >= 0.3 is 0 Å². The molecule has 6 rings (SSSR count). The van der Waals surface area contributed by atoms with Crippen molar-refractivity contribution >= 4 is 16.8 Å². The molecule has 4 aliphatic rings. The fraction of sp³-hybridized carbons (Fsp3) is 0.556. The van der Waals surface area contributed by atoms with Crippen molar-refractivity contribution in [2.75, 3.05) is 13.7 Å². The van der Waals surface area contributed by atoms with E-state index in [9.17, 15) is 4.79 Å². The molecule has 4 fully saturated rings. The number of H-pyrrole nitrogens is 1. The number of nitrogens with one attached hydrogen (secondary N) is 1. The number of amides is 1. The van der Waals surface area contributed by atoms with Gasteiger partial charge in [0.1, 0.15) is 5.75 Å². The lowest BCUT2D eigenvalue weighted by Crippen LogP contribution is -2.42. The summed E-state index contributed by atoms with van der Waals surface area (Å²) in [7, 11) is 1.64. The van der Waals surface area contributed by atoms with E-state index in [1.165, 1.54) is 25.7 Å². The minimum atomic E-state index is 0.0875. The third-order valence-electron chi connectivity index (χ3n) is 6.28. The largest absolute Gasteiger partial charge is 0.497 e. The van der Waals surface area contributed by atoms with Gasteiger partial charge in [0.15, 0.2) is 5.69 Å². The fourth-order valence-electron chi connectivity index (χ4n) is 5.23. The summed E-state index contributed by atoms with van der Waals surface area (Å²) in [4.78, 5) is 15.3. The highest BCUT2D eigenvalue weighted by Crippen LogP contribution is 2.51. The maximum atomic E-state index is 13.1. The Morgan fingerprint density at radius 2 is 2.26 bits per heavy atom. The summed E-state index contributed by atoms with van der Waals surface area (Å²) in [6.07, 6.45) is 5.18. The molecule has 3 aliphatic carbocycles. The second-order valence-electron chi connectivity index (χ2n) is 7.35. The summed E-state index contributed by atoms with van der Waals surface area (Å²) in [5, 5.41) is 8.17. The number of carbonyl (C=O) groups is 1. The molecule has 1 amide bonds. The van der Waals surface area contributed by atoms with Crippen molar-refractivity contribution in [3.8, 4) is 5.75 Å². The van der Waals surface area contributed by atoms with Gasteiger partial charge in [-0.05, 0) is 55.2 Å². The number of rotatable bonds is 2. The molecule has 23 heavy (non-hydrogen) atoms. The zero-order valence-electron chi connectivity index (χ0n) is 13.3. The number of benzene rings is 1. The highest BCUT2D eigenvalue weighted by Gasteiger charge is 2.51. The predicted octanol–water partition coefficient (Wildman–Crippen LogP) is 2.83. The van der Waals surface area contributed by atoms with E-state index >= 15 is 0 Å². The number of carbonyl (C=O) groups excluding carboxylic acids is 1. The normalized spacial score (nSPS) is 31.8. The third kappa shape index (κ3) is 1.85. The Bertz CT molecular complexity index is 784. The molecule has 0 spiro atoms. The Hall–Kier alpha value is -2.04. The lowest BCUT2D eigenvalue weighted by Gasteiger charge is -2.42. The molecule has 1 saturated heterocycles. The number of aromatic amines is 1. The minimum Gasteiger partial charge on any atom is -0.497 e. The molecule has 120 valence electrons. The molecular formula is C18H21N3O2. The zero-order chi connectivity index (χ0) is 15.6.